The molecule has 4 rings (SSSR count). The van der Waals surface area contributed by atoms with Crippen molar-refractivity contribution in [2.24, 2.45) is 0 Å². The number of aromatic hydroxyl groups is 1. The van der Waals surface area contributed by atoms with Gasteiger partial charge in [0.2, 0.25) is 0 Å². The number of carbonyl (C=O) groups excluding carboxylic acids is 1. The number of nitrogens with zero attached hydrogens (tertiary/aromatic N) is 1. The van der Waals surface area contributed by atoms with Crippen molar-refractivity contribution in [1.82, 2.24) is 4.98 Å². The van der Waals surface area contributed by atoms with Crippen molar-refractivity contribution in [2.75, 3.05) is 7.11 Å². The van der Waals surface area contributed by atoms with Gasteiger partial charge in [-0.15, -0.1) is 0 Å². The molecule has 1 heterocycles. The largest absolute Gasteiger partial charge is 0.504 e. The number of fused-ring (bicyclic) bond motifs is 1. The average molecular weight is 395 g/mol. The van der Waals surface area contributed by atoms with Gasteiger partial charge < -0.3 is 9.84 Å². The molecule has 0 atom stereocenters. The molecule has 0 radical (unpaired) electrons. The molecular weight excluding hydrogens is 374 g/mol. The molecule has 3 aromatic carbocycles. The molecule has 4 heteroatoms. The Morgan fingerprint density at radius 1 is 1.00 bits per heavy atom. The van der Waals surface area contributed by atoms with Gasteiger partial charge in [-0.05, 0) is 42.3 Å². The lowest BCUT2D eigenvalue weighted by Gasteiger charge is -2.14. The van der Waals surface area contributed by atoms with Crippen molar-refractivity contribution in [3.8, 4) is 22.6 Å². The third-order valence-corrected chi connectivity index (χ3v) is 5.01. The molecule has 4 aromatic rings. The zero-order chi connectivity index (χ0) is 21.1. The quantitative estimate of drug-likeness (QED) is 0.342. The van der Waals surface area contributed by atoms with E-state index in [0.717, 1.165) is 22.0 Å². The smallest absolute Gasteiger partial charge is 0.188 e. The summed E-state index contributed by atoms with van der Waals surface area (Å²) in [6.45, 7) is 1.86. The molecule has 0 saturated heterocycles. The number of phenols is 1. The summed E-state index contributed by atoms with van der Waals surface area (Å²) in [7, 11) is 1.49. The summed E-state index contributed by atoms with van der Waals surface area (Å²) in [4.78, 5) is 17.9. The first-order chi connectivity index (χ1) is 14.6. The highest BCUT2D eigenvalue weighted by Gasteiger charge is 2.18. The summed E-state index contributed by atoms with van der Waals surface area (Å²) in [5, 5.41) is 10.9. The van der Waals surface area contributed by atoms with Gasteiger partial charge in [0, 0.05) is 16.6 Å². The fraction of sp³-hybridized carbons (Fsp3) is 0.0769. The highest BCUT2D eigenvalue weighted by molar-refractivity contribution is 6.16. The summed E-state index contributed by atoms with van der Waals surface area (Å²) in [5.74, 6) is 0.278. The van der Waals surface area contributed by atoms with E-state index in [2.05, 4.69) is 4.98 Å². The van der Waals surface area contributed by atoms with Gasteiger partial charge in [-0.1, -0.05) is 60.7 Å². The Kier molecular flexibility index (Phi) is 5.31. The standard InChI is InChI=1S/C26H21NO3/c1-17-25(22(28)14-12-18-13-15-24(30-2)23(29)16-18)26(19-8-4-3-5-9-19)20-10-6-7-11-21(20)27-17/h3-16,29H,1-2H3/b14-12+. The number of ketones is 1. The van der Waals surface area contributed by atoms with E-state index in [-0.39, 0.29) is 11.5 Å². The summed E-state index contributed by atoms with van der Waals surface area (Å²) in [5.41, 5.74) is 4.67. The normalized spacial score (nSPS) is 11.1. The number of hydrogen-bond acceptors (Lipinski definition) is 4. The molecule has 0 aliphatic rings. The van der Waals surface area contributed by atoms with E-state index >= 15 is 0 Å². The molecule has 0 amide bonds. The highest BCUT2D eigenvalue weighted by atomic mass is 16.5. The Morgan fingerprint density at radius 3 is 2.47 bits per heavy atom. The fourth-order valence-electron chi connectivity index (χ4n) is 3.61. The van der Waals surface area contributed by atoms with Gasteiger partial charge in [-0.25, -0.2) is 0 Å². The van der Waals surface area contributed by atoms with Crippen LogP contribution in [0.5, 0.6) is 11.5 Å². The van der Waals surface area contributed by atoms with Crippen molar-refractivity contribution in [1.29, 1.82) is 0 Å². The number of allylic oxidation sites excluding steroid dienone is 1. The van der Waals surface area contributed by atoms with Crippen LogP contribution in [0, 0.1) is 6.92 Å². The number of aromatic nitrogens is 1. The monoisotopic (exact) mass is 395 g/mol. The van der Waals surface area contributed by atoms with E-state index in [1.807, 2.05) is 61.5 Å². The number of aryl methyl sites for hydroxylation is 1. The van der Waals surface area contributed by atoms with E-state index in [9.17, 15) is 9.90 Å². The number of hydrogen-bond donors (Lipinski definition) is 1. The van der Waals surface area contributed by atoms with E-state index in [0.29, 0.717) is 22.6 Å². The number of carbonyl (C=O) groups is 1. The van der Waals surface area contributed by atoms with Crippen LogP contribution >= 0.6 is 0 Å². The van der Waals surface area contributed by atoms with E-state index in [1.165, 1.54) is 13.2 Å². The molecule has 1 aromatic heterocycles. The van der Waals surface area contributed by atoms with Crippen LogP contribution in [0.25, 0.3) is 28.1 Å². The number of ether oxygens (including phenoxy) is 1. The molecule has 0 unspecified atom stereocenters. The van der Waals surface area contributed by atoms with Crippen LogP contribution in [-0.4, -0.2) is 23.0 Å². The van der Waals surface area contributed by atoms with Crippen LogP contribution in [0.1, 0.15) is 21.6 Å². The first-order valence-corrected chi connectivity index (χ1v) is 9.62. The zero-order valence-corrected chi connectivity index (χ0v) is 16.8. The Morgan fingerprint density at radius 2 is 1.73 bits per heavy atom. The third kappa shape index (κ3) is 3.67. The molecule has 0 aliphatic carbocycles. The van der Waals surface area contributed by atoms with Gasteiger partial charge in [-0.2, -0.15) is 0 Å². The maximum Gasteiger partial charge on any atom is 0.188 e. The van der Waals surface area contributed by atoms with Crippen molar-refractivity contribution >= 4 is 22.8 Å². The number of rotatable bonds is 5. The summed E-state index contributed by atoms with van der Waals surface area (Å²) in [6, 6.07) is 22.7. The Hall–Kier alpha value is -3.92. The first kappa shape index (κ1) is 19.4. The summed E-state index contributed by atoms with van der Waals surface area (Å²) in [6.07, 6.45) is 3.21. The van der Waals surface area contributed by atoms with Crippen molar-refractivity contribution in [2.45, 2.75) is 6.92 Å². The molecule has 1 N–H and O–H groups in total. The number of methoxy groups -OCH3 is 1. The molecule has 0 saturated carbocycles. The van der Waals surface area contributed by atoms with Gasteiger partial charge in [0.1, 0.15) is 0 Å². The minimum atomic E-state index is -0.139. The topological polar surface area (TPSA) is 59.4 Å². The maximum atomic E-state index is 13.3. The van der Waals surface area contributed by atoms with Gasteiger partial charge in [-0.3, -0.25) is 9.78 Å². The lowest BCUT2D eigenvalue weighted by atomic mass is 9.92. The van der Waals surface area contributed by atoms with Gasteiger partial charge >= 0.3 is 0 Å². The van der Waals surface area contributed by atoms with Crippen molar-refractivity contribution in [3.05, 3.63) is 95.7 Å². The molecule has 0 aliphatic heterocycles. The lowest BCUT2D eigenvalue weighted by molar-refractivity contribution is 0.104. The van der Waals surface area contributed by atoms with Gasteiger partial charge in [0.15, 0.2) is 17.3 Å². The van der Waals surface area contributed by atoms with Crippen LogP contribution in [0.3, 0.4) is 0 Å². The molecule has 0 fully saturated rings. The average Bonchev–Trinajstić information content (AvgIpc) is 2.77. The number of para-hydroxylation sites is 1. The minimum absolute atomic E-state index is 0.0284. The Balaban J connectivity index is 1.83. The maximum absolute atomic E-state index is 13.3. The second kappa shape index (κ2) is 8.21. The minimum Gasteiger partial charge on any atom is -0.504 e. The highest BCUT2D eigenvalue weighted by Crippen LogP contribution is 2.33. The fourth-order valence-corrected chi connectivity index (χ4v) is 3.61. The number of pyridine rings is 1. The van der Waals surface area contributed by atoms with E-state index in [1.54, 1.807) is 24.3 Å². The van der Waals surface area contributed by atoms with Crippen molar-refractivity contribution in [3.63, 3.8) is 0 Å². The molecule has 0 spiro atoms. The number of benzene rings is 3. The Labute approximate surface area is 175 Å². The Bertz CT molecular complexity index is 1260. The predicted octanol–water partition coefficient (Wildman–Crippen LogP) is 5.82. The predicted molar refractivity (Wildman–Crippen MR) is 120 cm³/mol. The summed E-state index contributed by atoms with van der Waals surface area (Å²) < 4.78 is 5.07. The molecular formula is C26H21NO3. The van der Waals surface area contributed by atoms with Gasteiger partial charge in [0.05, 0.1) is 18.2 Å². The molecule has 30 heavy (non-hydrogen) atoms. The lowest BCUT2D eigenvalue weighted by Crippen LogP contribution is -2.05. The second-order valence-corrected chi connectivity index (χ2v) is 6.96. The SMILES string of the molecule is COc1ccc(/C=C/C(=O)c2c(C)nc3ccccc3c2-c2ccccc2)cc1O. The van der Waals surface area contributed by atoms with Crippen LogP contribution in [0.2, 0.25) is 0 Å². The van der Waals surface area contributed by atoms with Gasteiger partial charge in [0.25, 0.3) is 0 Å². The van der Waals surface area contributed by atoms with Crippen molar-refractivity contribution < 1.29 is 14.6 Å². The molecule has 4 nitrogen and oxygen atoms in total. The van der Waals surface area contributed by atoms with E-state index < -0.39 is 0 Å². The number of phenolic OH excluding ortho intramolecular Hbond substituents is 1. The van der Waals surface area contributed by atoms with Crippen LogP contribution in [-0.2, 0) is 0 Å². The van der Waals surface area contributed by atoms with Crippen LogP contribution < -0.4 is 4.74 Å². The van der Waals surface area contributed by atoms with E-state index in [4.69, 9.17) is 4.74 Å². The van der Waals surface area contributed by atoms with Crippen LogP contribution in [0.4, 0.5) is 0 Å². The molecule has 148 valence electrons. The first-order valence-electron chi connectivity index (χ1n) is 9.62. The summed E-state index contributed by atoms with van der Waals surface area (Å²) >= 11 is 0. The molecule has 0 bridgehead atoms. The zero-order valence-electron chi connectivity index (χ0n) is 16.8. The van der Waals surface area contributed by atoms with Crippen LogP contribution in [0.15, 0.2) is 78.9 Å². The third-order valence-electron chi connectivity index (χ3n) is 5.01. The second-order valence-electron chi connectivity index (χ2n) is 6.96.